The summed E-state index contributed by atoms with van der Waals surface area (Å²) in [4.78, 5) is 16.1. The van der Waals surface area contributed by atoms with Gasteiger partial charge in [0, 0.05) is 15.5 Å². The van der Waals surface area contributed by atoms with Crippen LogP contribution in [0.15, 0.2) is 40.8 Å². The maximum absolute atomic E-state index is 7.61. The molecule has 0 spiro atoms. The fraction of sp³-hybridized carbons (Fsp3) is 0. The minimum atomic E-state index is -0.0147. The number of amidine groups is 1. The molecule has 8 heteroatoms. The SMILES string of the molecule is N=C(N)c1ccc(Cl)cc1Sc1ncnc2nc[nH]c12. The van der Waals surface area contributed by atoms with Crippen LogP contribution in [0.3, 0.4) is 0 Å². The van der Waals surface area contributed by atoms with E-state index < -0.39 is 0 Å². The van der Waals surface area contributed by atoms with E-state index in [1.807, 2.05) is 0 Å². The highest BCUT2D eigenvalue weighted by Crippen LogP contribution is 2.33. The van der Waals surface area contributed by atoms with Gasteiger partial charge in [-0.3, -0.25) is 5.41 Å². The zero-order chi connectivity index (χ0) is 14.1. The van der Waals surface area contributed by atoms with Crippen molar-refractivity contribution >= 4 is 40.4 Å². The van der Waals surface area contributed by atoms with Gasteiger partial charge in [0.05, 0.1) is 6.33 Å². The van der Waals surface area contributed by atoms with Crippen LogP contribution in [0.25, 0.3) is 11.2 Å². The number of halogens is 1. The monoisotopic (exact) mass is 304 g/mol. The molecule has 4 N–H and O–H groups in total. The van der Waals surface area contributed by atoms with Crippen LogP contribution in [-0.4, -0.2) is 25.8 Å². The zero-order valence-corrected chi connectivity index (χ0v) is 11.7. The van der Waals surface area contributed by atoms with E-state index >= 15 is 0 Å². The zero-order valence-electron chi connectivity index (χ0n) is 10.1. The van der Waals surface area contributed by atoms with Gasteiger partial charge >= 0.3 is 0 Å². The van der Waals surface area contributed by atoms with Crippen LogP contribution in [0.2, 0.25) is 5.02 Å². The molecular weight excluding hydrogens is 296 g/mol. The minimum absolute atomic E-state index is 0.0147. The molecule has 0 fully saturated rings. The maximum Gasteiger partial charge on any atom is 0.181 e. The molecule has 0 aliphatic carbocycles. The number of benzene rings is 1. The van der Waals surface area contributed by atoms with E-state index in [0.717, 1.165) is 10.4 Å². The summed E-state index contributed by atoms with van der Waals surface area (Å²) in [6.45, 7) is 0. The van der Waals surface area contributed by atoms with Gasteiger partial charge in [-0.25, -0.2) is 15.0 Å². The second-order valence-electron chi connectivity index (χ2n) is 3.94. The highest BCUT2D eigenvalue weighted by molar-refractivity contribution is 7.99. The summed E-state index contributed by atoms with van der Waals surface area (Å²) in [5.41, 5.74) is 7.54. The molecule has 0 atom stereocenters. The van der Waals surface area contributed by atoms with Gasteiger partial charge in [0.15, 0.2) is 5.65 Å². The summed E-state index contributed by atoms with van der Waals surface area (Å²) in [6.07, 6.45) is 3.01. The van der Waals surface area contributed by atoms with Crippen molar-refractivity contribution in [2.75, 3.05) is 0 Å². The van der Waals surface area contributed by atoms with Crippen molar-refractivity contribution in [3.63, 3.8) is 0 Å². The third-order valence-electron chi connectivity index (χ3n) is 2.63. The van der Waals surface area contributed by atoms with Crippen LogP contribution in [0.4, 0.5) is 0 Å². The van der Waals surface area contributed by atoms with Crippen LogP contribution in [-0.2, 0) is 0 Å². The number of hydrogen-bond acceptors (Lipinski definition) is 5. The Morgan fingerprint density at radius 2 is 2.15 bits per heavy atom. The van der Waals surface area contributed by atoms with E-state index in [1.54, 1.807) is 24.5 Å². The number of nitrogens with one attached hydrogen (secondary N) is 2. The molecule has 0 aliphatic heterocycles. The molecular formula is C12H9ClN6S. The first-order chi connectivity index (χ1) is 9.65. The number of nitrogens with two attached hydrogens (primary N) is 1. The van der Waals surface area contributed by atoms with Gasteiger partial charge < -0.3 is 10.7 Å². The van der Waals surface area contributed by atoms with Crippen LogP contribution in [0.1, 0.15) is 5.56 Å². The van der Waals surface area contributed by atoms with Crippen molar-refractivity contribution in [1.29, 1.82) is 5.41 Å². The molecule has 100 valence electrons. The molecule has 0 radical (unpaired) electrons. The van der Waals surface area contributed by atoms with Crippen molar-refractivity contribution in [1.82, 2.24) is 19.9 Å². The molecule has 0 amide bonds. The Morgan fingerprint density at radius 3 is 2.95 bits per heavy atom. The summed E-state index contributed by atoms with van der Waals surface area (Å²) >= 11 is 7.37. The van der Waals surface area contributed by atoms with Crippen LogP contribution in [0.5, 0.6) is 0 Å². The third-order valence-corrected chi connectivity index (χ3v) is 3.92. The Hall–Kier alpha value is -2.12. The average Bonchev–Trinajstić information content (AvgIpc) is 2.88. The van der Waals surface area contributed by atoms with Gasteiger partial charge in [-0.1, -0.05) is 23.4 Å². The lowest BCUT2D eigenvalue weighted by Crippen LogP contribution is -2.12. The molecule has 2 aromatic heterocycles. The summed E-state index contributed by atoms with van der Waals surface area (Å²) < 4.78 is 0. The smallest absolute Gasteiger partial charge is 0.181 e. The van der Waals surface area contributed by atoms with Gasteiger partial charge in [0.1, 0.15) is 22.7 Å². The van der Waals surface area contributed by atoms with Gasteiger partial charge in [-0.05, 0) is 18.2 Å². The van der Waals surface area contributed by atoms with Crippen molar-refractivity contribution in [2.45, 2.75) is 9.92 Å². The van der Waals surface area contributed by atoms with Crippen molar-refractivity contribution < 1.29 is 0 Å². The number of nitrogen functional groups attached to an aromatic ring is 1. The molecule has 2 heterocycles. The number of nitrogens with zero attached hydrogens (tertiary/aromatic N) is 3. The van der Waals surface area contributed by atoms with Gasteiger partial charge in [0.25, 0.3) is 0 Å². The van der Waals surface area contributed by atoms with Crippen molar-refractivity contribution in [2.24, 2.45) is 5.73 Å². The number of aromatic amines is 1. The number of H-pyrrole nitrogens is 1. The molecule has 3 aromatic rings. The average molecular weight is 305 g/mol. The minimum Gasteiger partial charge on any atom is -0.384 e. The molecule has 0 saturated carbocycles. The predicted molar refractivity (Wildman–Crippen MR) is 78.3 cm³/mol. The van der Waals surface area contributed by atoms with Crippen molar-refractivity contribution in [3.8, 4) is 0 Å². The molecule has 0 saturated heterocycles. The Bertz CT molecular complexity index is 799. The fourth-order valence-electron chi connectivity index (χ4n) is 1.73. The first-order valence-corrected chi connectivity index (χ1v) is 6.80. The van der Waals surface area contributed by atoms with E-state index in [-0.39, 0.29) is 5.84 Å². The number of aromatic nitrogens is 4. The predicted octanol–water partition coefficient (Wildman–Crippen LogP) is 2.44. The quantitative estimate of drug-likeness (QED) is 0.391. The highest BCUT2D eigenvalue weighted by atomic mass is 35.5. The first-order valence-electron chi connectivity index (χ1n) is 5.61. The Kier molecular flexibility index (Phi) is 3.29. The van der Waals surface area contributed by atoms with Crippen LogP contribution >= 0.6 is 23.4 Å². The number of imidazole rings is 1. The van der Waals surface area contributed by atoms with Crippen molar-refractivity contribution in [3.05, 3.63) is 41.4 Å². The molecule has 20 heavy (non-hydrogen) atoms. The standard InChI is InChI=1S/C12H9ClN6S/c13-6-1-2-7(10(14)15)8(3-6)20-12-9-11(17-4-16-9)18-5-19-12/h1-5H,(H3,14,15)(H,16,17,18,19). The number of rotatable bonds is 3. The van der Waals surface area contributed by atoms with E-state index in [1.165, 1.54) is 18.1 Å². The number of hydrogen-bond donors (Lipinski definition) is 3. The maximum atomic E-state index is 7.61. The largest absolute Gasteiger partial charge is 0.384 e. The fourth-order valence-corrected chi connectivity index (χ4v) is 3.00. The Labute approximate surface area is 123 Å². The van der Waals surface area contributed by atoms with Crippen LogP contribution in [0, 0.1) is 5.41 Å². The Morgan fingerprint density at radius 1 is 1.30 bits per heavy atom. The molecule has 1 aromatic carbocycles. The van der Waals surface area contributed by atoms with Gasteiger partial charge in [0.2, 0.25) is 0 Å². The molecule has 0 bridgehead atoms. The lowest BCUT2D eigenvalue weighted by Gasteiger charge is -2.08. The Balaban J connectivity index is 2.09. The lowest BCUT2D eigenvalue weighted by molar-refractivity contribution is 1.08. The van der Waals surface area contributed by atoms with E-state index in [4.69, 9.17) is 22.7 Å². The summed E-state index contributed by atoms with van der Waals surface area (Å²) in [7, 11) is 0. The number of fused-ring (bicyclic) bond motifs is 1. The second kappa shape index (κ2) is 5.10. The molecule has 0 aliphatic rings. The summed E-state index contributed by atoms with van der Waals surface area (Å²) in [6, 6.07) is 5.18. The molecule has 0 unspecified atom stereocenters. The summed E-state index contributed by atoms with van der Waals surface area (Å²) in [5.74, 6) is -0.0147. The topological polar surface area (TPSA) is 104 Å². The summed E-state index contributed by atoms with van der Waals surface area (Å²) in [5, 5.41) is 8.90. The van der Waals surface area contributed by atoms with E-state index in [2.05, 4.69) is 19.9 Å². The van der Waals surface area contributed by atoms with E-state index in [0.29, 0.717) is 21.3 Å². The van der Waals surface area contributed by atoms with Crippen LogP contribution < -0.4 is 5.73 Å². The first kappa shape index (κ1) is 12.9. The highest BCUT2D eigenvalue weighted by Gasteiger charge is 2.12. The molecule has 3 rings (SSSR count). The normalized spacial score (nSPS) is 10.8. The third kappa shape index (κ3) is 2.33. The second-order valence-corrected chi connectivity index (χ2v) is 5.40. The van der Waals surface area contributed by atoms with E-state index in [9.17, 15) is 0 Å². The van der Waals surface area contributed by atoms with Gasteiger partial charge in [-0.15, -0.1) is 0 Å². The van der Waals surface area contributed by atoms with Gasteiger partial charge in [-0.2, -0.15) is 0 Å². The molecule has 6 nitrogen and oxygen atoms in total. The lowest BCUT2D eigenvalue weighted by atomic mass is 10.2.